The number of rotatable bonds is 5. The zero-order valence-corrected chi connectivity index (χ0v) is 15.6. The Morgan fingerprint density at radius 3 is 2.70 bits per heavy atom. The quantitative estimate of drug-likeness (QED) is 0.624. The second-order valence-electron chi connectivity index (χ2n) is 5.61. The summed E-state index contributed by atoms with van der Waals surface area (Å²) in [5.74, 6) is -0.140. The first-order chi connectivity index (χ1) is 12.8. The van der Waals surface area contributed by atoms with E-state index in [4.69, 9.17) is 0 Å². The van der Waals surface area contributed by atoms with Crippen LogP contribution in [0.2, 0.25) is 0 Å². The van der Waals surface area contributed by atoms with E-state index in [2.05, 4.69) is 36.0 Å². The minimum absolute atomic E-state index is 0.119. The molecule has 0 spiro atoms. The van der Waals surface area contributed by atoms with Gasteiger partial charge in [-0.15, -0.1) is 13.2 Å². The van der Waals surface area contributed by atoms with Gasteiger partial charge in [0.15, 0.2) is 0 Å². The summed E-state index contributed by atoms with van der Waals surface area (Å²) in [6.45, 7) is 2.47. The van der Waals surface area contributed by atoms with Crippen LogP contribution in [-0.4, -0.2) is 20.9 Å². The lowest BCUT2D eigenvalue weighted by Crippen LogP contribution is -2.20. The summed E-state index contributed by atoms with van der Waals surface area (Å²) >= 11 is 3.04. The number of benzene rings is 1. The molecule has 0 saturated heterocycles. The lowest BCUT2D eigenvalue weighted by Gasteiger charge is -2.13. The van der Waals surface area contributed by atoms with Gasteiger partial charge >= 0.3 is 6.36 Å². The van der Waals surface area contributed by atoms with Crippen molar-refractivity contribution in [1.29, 1.82) is 0 Å². The maximum absolute atomic E-state index is 12.3. The van der Waals surface area contributed by atoms with Crippen LogP contribution in [0.4, 0.5) is 24.8 Å². The molecule has 0 aliphatic rings. The lowest BCUT2D eigenvalue weighted by atomic mass is 10.3. The van der Waals surface area contributed by atoms with Gasteiger partial charge in [-0.3, -0.25) is 9.36 Å². The molecule has 3 rings (SSSR count). The third-order valence-electron chi connectivity index (χ3n) is 3.58. The van der Waals surface area contributed by atoms with Crippen LogP contribution in [-0.2, 0) is 6.54 Å². The molecule has 0 radical (unpaired) electrons. The topological polar surface area (TPSA) is 69.0 Å². The molecule has 1 N–H and O–H groups in total. The van der Waals surface area contributed by atoms with Crippen LogP contribution in [0.3, 0.4) is 0 Å². The van der Waals surface area contributed by atoms with Crippen LogP contribution in [0.25, 0.3) is 11.0 Å². The molecule has 2 aromatic heterocycles. The minimum atomic E-state index is -4.78. The molecule has 0 aliphatic carbocycles. The molecule has 0 aliphatic heterocycles. The summed E-state index contributed by atoms with van der Waals surface area (Å²) < 4.78 is 42.6. The maximum atomic E-state index is 12.3. The third kappa shape index (κ3) is 4.57. The van der Waals surface area contributed by atoms with Crippen molar-refractivity contribution in [2.45, 2.75) is 26.3 Å². The van der Waals surface area contributed by atoms with Crippen molar-refractivity contribution in [2.75, 3.05) is 5.32 Å². The molecule has 27 heavy (non-hydrogen) atoms. The average molecular weight is 443 g/mol. The monoisotopic (exact) mass is 442 g/mol. The van der Waals surface area contributed by atoms with Crippen LogP contribution >= 0.6 is 15.9 Å². The Kier molecular flexibility index (Phi) is 5.36. The van der Waals surface area contributed by atoms with Gasteiger partial charge in [-0.1, -0.05) is 6.92 Å². The van der Waals surface area contributed by atoms with Gasteiger partial charge in [0.2, 0.25) is 5.95 Å². The Morgan fingerprint density at radius 2 is 2.04 bits per heavy atom. The van der Waals surface area contributed by atoms with Gasteiger partial charge in [-0.25, -0.2) is 4.98 Å². The summed E-state index contributed by atoms with van der Waals surface area (Å²) in [5, 5.41) is 3.62. The number of nitrogens with one attached hydrogen (secondary N) is 1. The Balaban J connectivity index is 1.91. The summed E-state index contributed by atoms with van der Waals surface area (Å²) in [7, 11) is 0. The van der Waals surface area contributed by atoms with E-state index in [1.807, 2.05) is 6.92 Å². The lowest BCUT2D eigenvalue weighted by molar-refractivity contribution is -0.274. The second kappa shape index (κ2) is 7.55. The second-order valence-corrected chi connectivity index (χ2v) is 6.47. The van der Waals surface area contributed by atoms with Crippen LogP contribution in [0.5, 0.6) is 5.75 Å². The first kappa shape index (κ1) is 19.2. The fourth-order valence-corrected chi connectivity index (χ4v) is 2.95. The molecular formula is C17H14BrF3N4O2. The third-order valence-corrected chi connectivity index (χ3v) is 4.20. The Bertz CT molecular complexity index is 1040. The molecular weight excluding hydrogens is 429 g/mol. The normalized spacial score (nSPS) is 11.6. The number of hydrogen-bond donors (Lipinski definition) is 1. The van der Waals surface area contributed by atoms with Gasteiger partial charge in [0.1, 0.15) is 11.4 Å². The van der Waals surface area contributed by atoms with Crippen molar-refractivity contribution in [3.8, 4) is 5.75 Å². The number of fused-ring (bicyclic) bond motifs is 1. The molecule has 3 aromatic rings. The van der Waals surface area contributed by atoms with Crippen LogP contribution in [0, 0.1) is 0 Å². The number of aromatic nitrogens is 3. The van der Waals surface area contributed by atoms with Crippen LogP contribution in [0.1, 0.15) is 13.3 Å². The van der Waals surface area contributed by atoms with E-state index in [1.165, 1.54) is 24.3 Å². The van der Waals surface area contributed by atoms with E-state index in [1.54, 1.807) is 16.8 Å². The molecule has 142 valence electrons. The number of aryl methyl sites for hydroxylation is 1. The smallest absolute Gasteiger partial charge is 0.405 e. The molecule has 6 nitrogen and oxygen atoms in total. The SMILES string of the molecule is CCCn1c(=O)ccc2cnc(Nc3ccc(OC(F)(F)F)c(Br)c3)nc21. The number of nitrogens with zero attached hydrogens (tertiary/aromatic N) is 3. The highest BCUT2D eigenvalue weighted by molar-refractivity contribution is 9.10. The average Bonchev–Trinajstić information content (AvgIpc) is 2.59. The molecule has 0 saturated carbocycles. The van der Waals surface area contributed by atoms with Gasteiger partial charge in [0.25, 0.3) is 5.56 Å². The molecule has 0 amide bonds. The summed E-state index contributed by atoms with van der Waals surface area (Å²) in [4.78, 5) is 20.6. The van der Waals surface area contributed by atoms with Gasteiger partial charge in [-0.05, 0) is 46.6 Å². The minimum Gasteiger partial charge on any atom is -0.405 e. The van der Waals surface area contributed by atoms with Crippen molar-refractivity contribution >= 4 is 38.6 Å². The fourth-order valence-electron chi connectivity index (χ4n) is 2.49. The van der Waals surface area contributed by atoms with E-state index in [0.717, 1.165) is 6.42 Å². The highest BCUT2D eigenvalue weighted by atomic mass is 79.9. The number of anilines is 2. The van der Waals surface area contributed by atoms with Crippen molar-refractivity contribution in [3.63, 3.8) is 0 Å². The van der Waals surface area contributed by atoms with E-state index < -0.39 is 6.36 Å². The van der Waals surface area contributed by atoms with E-state index >= 15 is 0 Å². The van der Waals surface area contributed by atoms with Crippen molar-refractivity contribution in [2.24, 2.45) is 0 Å². The number of alkyl halides is 3. The van der Waals surface area contributed by atoms with Crippen LogP contribution < -0.4 is 15.6 Å². The largest absolute Gasteiger partial charge is 0.573 e. The molecule has 1 aromatic carbocycles. The first-order valence-electron chi connectivity index (χ1n) is 7.96. The predicted octanol–water partition coefficient (Wildman–Crippen LogP) is 4.61. The molecule has 0 unspecified atom stereocenters. The number of pyridine rings is 1. The molecule has 0 atom stereocenters. The molecule has 0 fully saturated rings. The maximum Gasteiger partial charge on any atom is 0.573 e. The number of ether oxygens (including phenoxy) is 1. The van der Waals surface area contributed by atoms with E-state index in [-0.39, 0.29) is 21.7 Å². The first-order valence-corrected chi connectivity index (χ1v) is 8.75. The zero-order chi connectivity index (χ0) is 19.6. The summed E-state index contributed by atoms with van der Waals surface area (Å²) in [5.41, 5.74) is 0.777. The standard InChI is InChI=1S/C17H14BrF3N4O2/c1-2-7-25-14(26)6-3-10-9-22-16(24-15(10)25)23-11-4-5-13(12(18)8-11)27-17(19,20)21/h3-6,8-9H,2,7H2,1H3,(H,22,23,24). The van der Waals surface area contributed by atoms with Gasteiger partial charge in [0, 0.05) is 29.9 Å². The Morgan fingerprint density at radius 1 is 1.26 bits per heavy atom. The van der Waals surface area contributed by atoms with Crippen LogP contribution in [0.15, 0.2) is 45.8 Å². The van der Waals surface area contributed by atoms with Crippen molar-refractivity contribution in [1.82, 2.24) is 14.5 Å². The van der Waals surface area contributed by atoms with Crippen molar-refractivity contribution in [3.05, 3.63) is 51.4 Å². The van der Waals surface area contributed by atoms with Gasteiger partial charge in [-0.2, -0.15) is 4.98 Å². The zero-order valence-electron chi connectivity index (χ0n) is 14.0. The molecule has 2 heterocycles. The summed E-state index contributed by atoms with van der Waals surface area (Å²) in [6, 6.07) is 7.11. The fraction of sp³-hybridized carbons (Fsp3) is 0.235. The van der Waals surface area contributed by atoms with Gasteiger partial charge in [0.05, 0.1) is 4.47 Å². The van der Waals surface area contributed by atoms with Gasteiger partial charge < -0.3 is 10.1 Å². The Labute approximate surface area is 160 Å². The van der Waals surface area contributed by atoms with E-state index in [0.29, 0.717) is 23.3 Å². The van der Waals surface area contributed by atoms with Crippen molar-refractivity contribution < 1.29 is 17.9 Å². The predicted molar refractivity (Wildman–Crippen MR) is 98.2 cm³/mol. The highest BCUT2D eigenvalue weighted by Gasteiger charge is 2.31. The number of hydrogen-bond acceptors (Lipinski definition) is 5. The van der Waals surface area contributed by atoms with E-state index in [9.17, 15) is 18.0 Å². The number of halogens is 4. The Hall–Kier alpha value is -2.62. The highest BCUT2D eigenvalue weighted by Crippen LogP contribution is 2.33. The molecule has 0 bridgehead atoms. The molecule has 10 heteroatoms. The summed E-state index contributed by atoms with van der Waals surface area (Å²) in [6.07, 6.45) is -2.44.